The van der Waals surface area contributed by atoms with Crippen molar-refractivity contribution in [1.82, 2.24) is 14.5 Å². The lowest BCUT2D eigenvalue weighted by atomic mass is 10.2. The summed E-state index contributed by atoms with van der Waals surface area (Å²) in [5.74, 6) is -3.84. The normalized spacial score (nSPS) is 11.3. The molecule has 1 N–H and O–H groups in total. The number of nitrogens with one attached hydrogen (secondary N) is 1. The monoisotopic (exact) mass is 430 g/mol. The smallest absolute Gasteiger partial charge is 0.274 e. The van der Waals surface area contributed by atoms with Crippen LogP contribution in [0.3, 0.4) is 0 Å². The minimum absolute atomic E-state index is 0.00345. The summed E-state index contributed by atoms with van der Waals surface area (Å²) in [5, 5.41) is 4.09. The lowest BCUT2D eigenvalue weighted by Gasteiger charge is -2.18. The van der Waals surface area contributed by atoms with Gasteiger partial charge in [-0.2, -0.15) is 4.98 Å². The Morgan fingerprint density at radius 3 is 2.40 bits per heavy atom. The van der Waals surface area contributed by atoms with E-state index in [0.717, 1.165) is 38.6 Å². The molecular weight excluding hydrogens is 413 g/mol. The van der Waals surface area contributed by atoms with Crippen molar-refractivity contribution in [1.29, 1.82) is 0 Å². The quantitative estimate of drug-likeness (QED) is 0.464. The van der Waals surface area contributed by atoms with Gasteiger partial charge in [0, 0.05) is 17.4 Å². The SMILES string of the molecule is Cc1nc2cc(C)c(Nc3nc(=O)cc(C)n3Cc3cc(F)c(F)c(F)c3)cc2s1. The number of halogens is 3. The van der Waals surface area contributed by atoms with E-state index in [1.807, 2.05) is 26.0 Å². The van der Waals surface area contributed by atoms with Gasteiger partial charge in [0.2, 0.25) is 5.95 Å². The lowest BCUT2D eigenvalue weighted by Crippen LogP contribution is -2.19. The highest BCUT2D eigenvalue weighted by Crippen LogP contribution is 2.29. The van der Waals surface area contributed by atoms with E-state index in [-0.39, 0.29) is 18.1 Å². The average Bonchev–Trinajstić information content (AvgIpc) is 3.01. The fourth-order valence-corrected chi connectivity index (χ4v) is 4.09. The van der Waals surface area contributed by atoms with E-state index in [1.54, 1.807) is 22.8 Å². The summed E-state index contributed by atoms with van der Waals surface area (Å²) in [7, 11) is 0. The number of hydrogen-bond acceptors (Lipinski definition) is 5. The van der Waals surface area contributed by atoms with Gasteiger partial charge in [-0.15, -0.1) is 11.3 Å². The van der Waals surface area contributed by atoms with E-state index in [9.17, 15) is 18.0 Å². The third-order valence-corrected chi connectivity index (χ3v) is 5.64. The molecule has 0 aliphatic rings. The second-order valence-corrected chi connectivity index (χ2v) is 8.25. The van der Waals surface area contributed by atoms with Crippen LogP contribution >= 0.6 is 11.3 Å². The Morgan fingerprint density at radius 1 is 1.00 bits per heavy atom. The Morgan fingerprint density at radius 2 is 1.70 bits per heavy atom. The van der Waals surface area contributed by atoms with Crippen LogP contribution in [0.15, 0.2) is 35.1 Å². The molecule has 9 heteroatoms. The summed E-state index contributed by atoms with van der Waals surface area (Å²) in [6, 6.07) is 7.04. The number of rotatable bonds is 4. The highest BCUT2D eigenvalue weighted by Gasteiger charge is 2.15. The summed E-state index contributed by atoms with van der Waals surface area (Å²) < 4.78 is 43.2. The zero-order valence-corrected chi connectivity index (χ0v) is 17.2. The van der Waals surface area contributed by atoms with Gasteiger partial charge in [0.15, 0.2) is 17.5 Å². The van der Waals surface area contributed by atoms with Crippen molar-refractivity contribution in [2.75, 3.05) is 5.32 Å². The number of benzene rings is 2. The van der Waals surface area contributed by atoms with Gasteiger partial charge in [-0.3, -0.25) is 4.79 Å². The molecular formula is C21H17F3N4OS. The molecule has 4 aromatic rings. The Balaban J connectivity index is 1.77. The van der Waals surface area contributed by atoms with Crippen LogP contribution in [-0.4, -0.2) is 14.5 Å². The van der Waals surface area contributed by atoms with E-state index >= 15 is 0 Å². The number of aromatic nitrogens is 3. The van der Waals surface area contributed by atoms with Crippen LogP contribution in [-0.2, 0) is 6.54 Å². The first-order valence-corrected chi connectivity index (χ1v) is 9.89. The van der Waals surface area contributed by atoms with Gasteiger partial charge in [0.05, 0.1) is 21.8 Å². The molecule has 0 amide bonds. The van der Waals surface area contributed by atoms with Gasteiger partial charge >= 0.3 is 0 Å². The van der Waals surface area contributed by atoms with E-state index < -0.39 is 23.0 Å². The van der Waals surface area contributed by atoms with E-state index in [1.165, 1.54) is 6.07 Å². The summed E-state index contributed by atoms with van der Waals surface area (Å²) >= 11 is 1.54. The number of aryl methyl sites for hydroxylation is 3. The number of fused-ring (bicyclic) bond motifs is 1. The Labute approximate surface area is 173 Å². The second kappa shape index (κ2) is 7.56. The molecule has 5 nitrogen and oxygen atoms in total. The number of nitrogens with zero attached hydrogens (tertiary/aromatic N) is 3. The molecule has 0 fully saturated rings. The molecule has 2 aromatic carbocycles. The van der Waals surface area contributed by atoms with Crippen LogP contribution < -0.4 is 10.9 Å². The van der Waals surface area contributed by atoms with Crippen LogP contribution in [0.4, 0.5) is 24.8 Å². The van der Waals surface area contributed by atoms with Crippen LogP contribution in [0.1, 0.15) is 21.8 Å². The second-order valence-electron chi connectivity index (χ2n) is 7.01. The molecule has 0 unspecified atom stereocenters. The Bertz CT molecular complexity index is 1320. The van der Waals surface area contributed by atoms with Crippen molar-refractivity contribution in [3.05, 3.63) is 80.0 Å². The topological polar surface area (TPSA) is 59.8 Å². The van der Waals surface area contributed by atoms with E-state index in [2.05, 4.69) is 15.3 Å². The van der Waals surface area contributed by atoms with Gasteiger partial charge in [-0.25, -0.2) is 18.2 Å². The van der Waals surface area contributed by atoms with Gasteiger partial charge < -0.3 is 9.88 Å². The molecule has 154 valence electrons. The third-order valence-electron chi connectivity index (χ3n) is 4.70. The van der Waals surface area contributed by atoms with Gasteiger partial charge in [0.1, 0.15) is 0 Å². The van der Waals surface area contributed by atoms with Crippen molar-refractivity contribution >= 4 is 33.2 Å². The van der Waals surface area contributed by atoms with E-state index in [4.69, 9.17) is 0 Å². The molecule has 0 radical (unpaired) electrons. The fraction of sp³-hybridized carbons (Fsp3) is 0.190. The molecule has 0 aliphatic carbocycles. The maximum absolute atomic E-state index is 13.6. The Kier molecular flexibility index (Phi) is 5.07. The van der Waals surface area contributed by atoms with Crippen LogP contribution in [0.25, 0.3) is 10.2 Å². The molecule has 30 heavy (non-hydrogen) atoms. The van der Waals surface area contributed by atoms with Crippen LogP contribution in [0.2, 0.25) is 0 Å². The first-order chi connectivity index (χ1) is 14.2. The average molecular weight is 430 g/mol. The predicted molar refractivity (Wildman–Crippen MR) is 111 cm³/mol. The molecule has 0 atom stereocenters. The first kappa shape index (κ1) is 20.1. The Hall–Kier alpha value is -3.20. The standard InChI is InChI=1S/C21H17F3N4OS/c1-10-4-17-18(30-12(3)25-17)8-16(10)26-21-27-19(29)5-11(2)28(21)9-13-6-14(22)20(24)15(23)7-13/h4-8H,9H2,1-3H3,(H,26,27,29). The third kappa shape index (κ3) is 3.80. The molecule has 0 saturated carbocycles. The summed E-state index contributed by atoms with van der Waals surface area (Å²) in [5.41, 5.74) is 2.80. The van der Waals surface area contributed by atoms with Crippen LogP contribution in [0, 0.1) is 38.2 Å². The maximum atomic E-state index is 13.6. The lowest BCUT2D eigenvalue weighted by molar-refractivity contribution is 0.444. The molecule has 0 saturated heterocycles. The van der Waals surface area contributed by atoms with Crippen molar-refractivity contribution in [3.8, 4) is 0 Å². The summed E-state index contributed by atoms with van der Waals surface area (Å²) in [6.45, 7) is 5.51. The zero-order chi connectivity index (χ0) is 21.6. The van der Waals surface area contributed by atoms with Gasteiger partial charge in [-0.05, 0) is 56.2 Å². The highest BCUT2D eigenvalue weighted by molar-refractivity contribution is 7.18. The van der Waals surface area contributed by atoms with Crippen LogP contribution in [0.5, 0.6) is 0 Å². The number of hydrogen-bond donors (Lipinski definition) is 1. The van der Waals surface area contributed by atoms with Gasteiger partial charge in [0.25, 0.3) is 5.56 Å². The number of anilines is 2. The first-order valence-electron chi connectivity index (χ1n) is 9.08. The van der Waals surface area contributed by atoms with Crippen molar-refractivity contribution in [2.45, 2.75) is 27.3 Å². The van der Waals surface area contributed by atoms with Crippen molar-refractivity contribution in [3.63, 3.8) is 0 Å². The van der Waals surface area contributed by atoms with Crippen molar-refractivity contribution < 1.29 is 13.2 Å². The van der Waals surface area contributed by atoms with Gasteiger partial charge in [-0.1, -0.05) is 0 Å². The molecule has 2 heterocycles. The molecule has 4 rings (SSSR count). The molecule has 0 bridgehead atoms. The van der Waals surface area contributed by atoms with Crippen molar-refractivity contribution in [2.24, 2.45) is 0 Å². The largest absolute Gasteiger partial charge is 0.325 e. The molecule has 2 aromatic heterocycles. The fourth-order valence-electron chi connectivity index (χ4n) is 3.25. The predicted octanol–water partition coefficient (Wildman–Crippen LogP) is 4.99. The molecule has 0 spiro atoms. The summed E-state index contributed by atoms with van der Waals surface area (Å²) in [6.07, 6.45) is 0. The summed E-state index contributed by atoms with van der Waals surface area (Å²) in [4.78, 5) is 20.5. The maximum Gasteiger partial charge on any atom is 0.274 e. The minimum Gasteiger partial charge on any atom is -0.325 e. The van der Waals surface area contributed by atoms with E-state index in [0.29, 0.717) is 5.69 Å². The minimum atomic E-state index is -1.52. The zero-order valence-electron chi connectivity index (χ0n) is 16.4. The number of thiazole rings is 1. The highest BCUT2D eigenvalue weighted by atomic mass is 32.1. The molecule has 0 aliphatic heterocycles.